The van der Waals surface area contributed by atoms with Crippen LogP contribution in [-0.4, -0.2) is 16.4 Å². The molecule has 0 aliphatic rings. The Balaban J connectivity index is 2.76. The number of phenolic OH excluding ortho intramolecular Hbond substituents is 1. The van der Waals surface area contributed by atoms with Gasteiger partial charge in [0.25, 0.3) is 0 Å². The van der Waals surface area contributed by atoms with Crippen molar-refractivity contribution in [3.63, 3.8) is 0 Å². The second kappa shape index (κ2) is 4.78. The lowest BCUT2D eigenvalue weighted by atomic mass is 10.2. The van der Waals surface area contributed by atoms with E-state index in [-0.39, 0.29) is 10.9 Å². The summed E-state index contributed by atoms with van der Waals surface area (Å²) >= 11 is 10.3. The van der Waals surface area contributed by atoms with E-state index in [2.05, 4.69) is 22.7 Å². The van der Waals surface area contributed by atoms with E-state index in [0.29, 0.717) is 10.6 Å². The molecule has 4 N–H and O–H groups in total. The Kier molecular flexibility index (Phi) is 3.67. The van der Waals surface area contributed by atoms with E-state index < -0.39 is 0 Å². The van der Waals surface area contributed by atoms with Gasteiger partial charge in [-0.1, -0.05) is 11.6 Å². The van der Waals surface area contributed by atoms with Crippen LogP contribution in [0.1, 0.15) is 5.56 Å². The number of aromatic hydroxyl groups is 1. The van der Waals surface area contributed by atoms with Gasteiger partial charge in [0.15, 0.2) is 5.11 Å². The van der Waals surface area contributed by atoms with E-state index in [9.17, 15) is 0 Å². The summed E-state index contributed by atoms with van der Waals surface area (Å²) in [6, 6.07) is 4.56. The van der Waals surface area contributed by atoms with Crippen LogP contribution >= 0.6 is 23.8 Å². The molecule has 0 atom stereocenters. The molecule has 0 bridgehead atoms. The zero-order chi connectivity index (χ0) is 10.6. The zero-order valence-corrected chi connectivity index (χ0v) is 8.64. The van der Waals surface area contributed by atoms with E-state index in [1.807, 2.05) is 0 Å². The number of hydrogen-bond donors (Lipinski definition) is 3. The molecule has 0 saturated heterocycles. The van der Waals surface area contributed by atoms with Gasteiger partial charge in [0, 0.05) is 5.56 Å². The molecule has 0 unspecified atom stereocenters. The predicted octanol–water partition coefficient (Wildman–Crippen LogP) is 1.21. The quantitative estimate of drug-likeness (QED) is 0.405. The summed E-state index contributed by atoms with van der Waals surface area (Å²) in [5, 5.41) is 13.3. The van der Waals surface area contributed by atoms with Gasteiger partial charge >= 0.3 is 0 Å². The van der Waals surface area contributed by atoms with Crippen LogP contribution in [0.2, 0.25) is 5.02 Å². The molecular weight excluding hydrogens is 222 g/mol. The Morgan fingerprint density at radius 3 is 2.93 bits per heavy atom. The highest BCUT2D eigenvalue weighted by molar-refractivity contribution is 7.80. The molecule has 1 aromatic carbocycles. The molecular formula is C8H8ClN3OS. The maximum Gasteiger partial charge on any atom is 0.184 e. The van der Waals surface area contributed by atoms with E-state index >= 15 is 0 Å². The minimum Gasteiger partial charge on any atom is -0.508 e. The molecule has 0 amide bonds. The molecule has 0 radical (unpaired) electrons. The Bertz CT molecular complexity index is 381. The van der Waals surface area contributed by atoms with Gasteiger partial charge in [0.05, 0.1) is 11.2 Å². The monoisotopic (exact) mass is 229 g/mol. The summed E-state index contributed by atoms with van der Waals surface area (Å²) in [4.78, 5) is 0. The van der Waals surface area contributed by atoms with Crippen LogP contribution in [0.3, 0.4) is 0 Å². The number of rotatable bonds is 2. The Hall–Kier alpha value is -1.33. The summed E-state index contributed by atoms with van der Waals surface area (Å²) in [6.07, 6.45) is 1.46. The fourth-order valence-corrected chi connectivity index (χ4v) is 1.06. The molecule has 74 valence electrons. The summed E-state index contributed by atoms with van der Waals surface area (Å²) < 4.78 is 0. The number of thiocarbonyl (C=S) groups is 1. The van der Waals surface area contributed by atoms with E-state index in [1.165, 1.54) is 18.3 Å². The Morgan fingerprint density at radius 1 is 1.64 bits per heavy atom. The van der Waals surface area contributed by atoms with Crippen LogP contribution in [-0.2, 0) is 0 Å². The molecule has 0 aliphatic heterocycles. The van der Waals surface area contributed by atoms with Crippen molar-refractivity contribution < 1.29 is 5.11 Å². The Morgan fingerprint density at radius 2 is 2.36 bits per heavy atom. The highest BCUT2D eigenvalue weighted by atomic mass is 35.5. The smallest absolute Gasteiger partial charge is 0.184 e. The third kappa shape index (κ3) is 3.20. The maximum atomic E-state index is 9.07. The van der Waals surface area contributed by atoms with Gasteiger partial charge in [0.2, 0.25) is 0 Å². The molecule has 0 heterocycles. The summed E-state index contributed by atoms with van der Waals surface area (Å²) in [7, 11) is 0. The average Bonchev–Trinajstić information content (AvgIpc) is 2.08. The van der Waals surface area contributed by atoms with Gasteiger partial charge in [0.1, 0.15) is 5.75 Å². The topological polar surface area (TPSA) is 70.6 Å². The fraction of sp³-hybridized carbons (Fsp3) is 0. The predicted molar refractivity (Wildman–Crippen MR) is 60.6 cm³/mol. The molecule has 1 aromatic rings. The molecule has 4 nitrogen and oxygen atoms in total. The Labute approximate surface area is 91.4 Å². The highest BCUT2D eigenvalue weighted by Crippen LogP contribution is 2.19. The lowest BCUT2D eigenvalue weighted by Gasteiger charge is -1.98. The first-order valence-electron chi connectivity index (χ1n) is 3.66. The minimum absolute atomic E-state index is 0.0798. The molecule has 1 rings (SSSR count). The largest absolute Gasteiger partial charge is 0.508 e. The summed E-state index contributed by atoms with van der Waals surface area (Å²) in [5.41, 5.74) is 8.21. The molecule has 0 saturated carbocycles. The lowest BCUT2D eigenvalue weighted by Crippen LogP contribution is -2.24. The number of hydrazone groups is 1. The van der Waals surface area contributed by atoms with E-state index in [0.717, 1.165) is 0 Å². The van der Waals surface area contributed by atoms with Gasteiger partial charge < -0.3 is 10.8 Å². The molecule has 6 heteroatoms. The molecule has 14 heavy (non-hydrogen) atoms. The molecule has 0 fully saturated rings. The maximum absolute atomic E-state index is 9.07. The van der Waals surface area contributed by atoms with Crippen molar-refractivity contribution in [2.45, 2.75) is 0 Å². The second-order valence-electron chi connectivity index (χ2n) is 2.44. The van der Waals surface area contributed by atoms with Crippen LogP contribution < -0.4 is 11.2 Å². The standard InChI is InChI=1S/C8H8ClN3OS/c9-7-3-6(13)2-1-5(7)4-11-12-8(10)14/h1-4,13H,(H3,10,12,14). The second-order valence-corrected chi connectivity index (χ2v) is 3.29. The van der Waals surface area contributed by atoms with Crippen molar-refractivity contribution in [3.05, 3.63) is 28.8 Å². The molecule has 0 spiro atoms. The third-order valence-corrected chi connectivity index (χ3v) is 1.78. The summed E-state index contributed by atoms with van der Waals surface area (Å²) in [5.74, 6) is 0.106. The minimum atomic E-state index is 0.0798. The van der Waals surface area contributed by atoms with E-state index in [4.69, 9.17) is 22.4 Å². The highest BCUT2D eigenvalue weighted by Gasteiger charge is 1.97. The van der Waals surface area contributed by atoms with Crippen molar-refractivity contribution in [1.29, 1.82) is 0 Å². The molecule has 0 aromatic heterocycles. The number of hydrogen-bond acceptors (Lipinski definition) is 3. The van der Waals surface area contributed by atoms with Gasteiger partial charge in [-0.05, 0) is 30.4 Å². The van der Waals surface area contributed by atoms with Crippen LogP contribution in [0.4, 0.5) is 0 Å². The number of phenols is 1. The van der Waals surface area contributed by atoms with Gasteiger partial charge in [-0.15, -0.1) is 0 Å². The number of nitrogens with zero attached hydrogens (tertiary/aromatic N) is 1. The van der Waals surface area contributed by atoms with Gasteiger partial charge in [-0.25, -0.2) is 0 Å². The molecule has 0 aliphatic carbocycles. The first kappa shape index (κ1) is 10.7. The fourth-order valence-electron chi connectivity index (χ4n) is 0.786. The first-order valence-corrected chi connectivity index (χ1v) is 4.45. The third-order valence-electron chi connectivity index (χ3n) is 1.36. The van der Waals surface area contributed by atoms with Crippen molar-refractivity contribution in [2.24, 2.45) is 10.8 Å². The van der Waals surface area contributed by atoms with Crippen LogP contribution in [0.5, 0.6) is 5.75 Å². The van der Waals surface area contributed by atoms with Crippen LogP contribution in [0.15, 0.2) is 23.3 Å². The van der Waals surface area contributed by atoms with Crippen molar-refractivity contribution in [3.8, 4) is 5.75 Å². The first-order chi connectivity index (χ1) is 6.59. The normalized spacial score (nSPS) is 10.4. The van der Waals surface area contributed by atoms with E-state index in [1.54, 1.807) is 6.07 Å². The zero-order valence-electron chi connectivity index (χ0n) is 7.07. The van der Waals surface area contributed by atoms with Crippen molar-refractivity contribution in [1.82, 2.24) is 5.43 Å². The summed E-state index contributed by atoms with van der Waals surface area (Å²) in [6.45, 7) is 0. The number of benzene rings is 1. The SMILES string of the molecule is NC(=S)NN=Cc1ccc(O)cc1Cl. The average molecular weight is 230 g/mol. The van der Waals surface area contributed by atoms with Crippen molar-refractivity contribution in [2.75, 3.05) is 0 Å². The lowest BCUT2D eigenvalue weighted by molar-refractivity contribution is 0.475. The van der Waals surface area contributed by atoms with Gasteiger partial charge in [-0.3, -0.25) is 5.43 Å². The van der Waals surface area contributed by atoms with Crippen LogP contribution in [0.25, 0.3) is 0 Å². The van der Waals surface area contributed by atoms with Crippen LogP contribution in [0, 0.1) is 0 Å². The number of halogens is 1. The number of nitrogens with two attached hydrogens (primary N) is 1. The number of nitrogens with one attached hydrogen (secondary N) is 1. The van der Waals surface area contributed by atoms with Gasteiger partial charge in [-0.2, -0.15) is 5.10 Å². The van der Waals surface area contributed by atoms with Crippen molar-refractivity contribution >= 4 is 35.1 Å².